The number of benzene rings is 1. The molecule has 0 radical (unpaired) electrons. The Morgan fingerprint density at radius 3 is 2.81 bits per heavy atom. The van der Waals surface area contributed by atoms with Crippen molar-refractivity contribution in [3.63, 3.8) is 0 Å². The van der Waals surface area contributed by atoms with Crippen LogP contribution in [0.25, 0.3) is 0 Å². The zero-order chi connectivity index (χ0) is 18.8. The lowest BCUT2D eigenvalue weighted by molar-refractivity contribution is -0.134. The number of piperidine rings is 1. The molecule has 7 nitrogen and oxygen atoms in total. The van der Waals surface area contributed by atoms with Crippen molar-refractivity contribution in [2.24, 2.45) is 0 Å². The van der Waals surface area contributed by atoms with Crippen LogP contribution in [0.1, 0.15) is 30.4 Å². The Balaban J connectivity index is 1.31. The van der Waals surface area contributed by atoms with Gasteiger partial charge in [0.1, 0.15) is 17.5 Å². The highest BCUT2D eigenvalue weighted by atomic mass is 19.1. The lowest BCUT2D eigenvalue weighted by Gasteiger charge is -2.32. The van der Waals surface area contributed by atoms with Crippen LogP contribution in [0.2, 0.25) is 0 Å². The molecule has 2 aliphatic heterocycles. The summed E-state index contributed by atoms with van der Waals surface area (Å²) in [5.74, 6) is 0.428. The summed E-state index contributed by atoms with van der Waals surface area (Å²) in [6.45, 7) is 3.44. The molecule has 0 bridgehead atoms. The third-order valence-electron chi connectivity index (χ3n) is 5.11. The van der Waals surface area contributed by atoms with Crippen molar-refractivity contribution in [3.05, 3.63) is 41.5 Å². The van der Waals surface area contributed by atoms with Gasteiger partial charge in [-0.25, -0.2) is 8.78 Å². The molecule has 1 aromatic heterocycles. The van der Waals surface area contributed by atoms with E-state index in [0.29, 0.717) is 13.1 Å². The van der Waals surface area contributed by atoms with Gasteiger partial charge >= 0.3 is 0 Å². The van der Waals surface area contributed by atoms with Gasteiger partial charge in [-0.2, -0.15) is 0 Å². The lowest BCUT2D eigenvalue weighted by Crippen LogP contribution is -2.41. The molecule has 0 aliphatic carbocycles. The average molecular weight is 377 g/mol. The van der Waals surface area contributed by atoms with Gasteiger partial charge in [-0.1, -0.05) is 0 Å². The first-order valence-corrected chi connectivity index (χ1v) is 9.10. The predicted octanol–water partition coefficient (Wildman–Crippen LogP) is 1.44. The topological polar surface area (TPSA) is 72.3 Å². The molecule has 1 amide bonds. The molecular formula is C18H21F2N5O2. The normalized spacial score (nSPS) is 17.6. The maximum Gasteiger partial charge on any atom is 0.260 e. The number of hydrogen-bond acceptors (Lipinski definition) is 5. The molecule has 3 heterocycles. The third-order valence-corrected chi connectivity index (χ3v) is 5.11. The van der Waals surface area contributed by atoms with E-state index >= 15 is 0 Å². The summed E-state index contributed by atoms with van der Waals surface area (Å²) >= 11 is 0. The molecule has 0 saturated carbocycles. The smallest absolute Gasteiger partial charge is 0.260 e. The summed E-state index contributed by atoms with van der Waals surface area (Å²) in [5.41, 5.74) is 0. The van der Waals surface area contributed by atoms with Gasteiger partial charge in [-0.3, -0.25) is 4.79 Å². The summed E-state index contributed by atoms with van der Waals surface area (Å²) in [4.78, 5) is 14.1. The van der Waals surface area contributed by atoms with E-state index < -0.39 is 11.6 Å². The van der Waals surface area contributed by atoms with Gasteiger partial charge in [0.2, 0.25) is 0 Å². The molecule has 27 heavy (non-hydrogen) atoms. The van der Waals surface area contributed by atoms with Crippen molar-refractivity contribution in [2.75, 3.05) is 26.2 Å². The molecule has 1 saturated heterocycles. The van der Waals surface area contributed by atoms with E-state index in [2.05, 4.69) is 20.1 Å². The largest absolute Gasteiger partial charge is 0.481 e. The Morgan fingerprint density at radius 2 is 2.04 bits per heavy atom. The Morgan fingerprint density at radius 1 is 1.22 bits per heavy atom. The van der Waals surface area contributed by atoms with Crippen LogP contribution in [0.4, 0.5) is 8.78 Å². The zero-order valence-electron chi connectivity index (χ0n) is 14.8. The van der Waals surface area contributed by atoms with Crippen LogP contribution in [0, 0.1) is 11.6 Å². The molecule has 0 unspecified atom stereocenters. The number of amides is 1. The van der Waals surface area contributed by atoms with E-state index in [9.17, 15) is 13.6 Å². The van der Waals surface area contributed by atoms with Crippen LogP contribution in [0.15, 0.2) is 18.2 Å². The minimum absolute atomic E-state index is 0.122. The van der Waals surface area contributed by atoms with Gasteiger partial charge < -0.3 is 19.5 Å². The van der Waals surface area contributed by atoms with E-state index in [0.717, 1.165) is 56.3 Å². The van der Waals surface area contributed by atoms with Crippen molar-refractivity contribution in [2.45, 2.75) is 31.8 Å². The Labute approximate surface area is 155 Å². The zero-order valence-corrected chi connectivity index (χ0v) is 14.8. The maximum atomic E-state index is 13.6. The number of carbonyl (C=O) groups is 1. The van der Waals surface area contributed by atoms with Crippen molar-refractivity contribution in [1.29, 1.82) is 0 Å². The molecule has 2 aromatic rings. The monoisotopic (exact) mass is 377 g/mol. The number of nitrogens with one attached hydrogen (secondary N) is 1. The van der Waals surface area contributed by atoms with Crippen molar-refractivity contribution >= 4 is 5.91 Å². The predicted molar refractivity (Wildman–Crippen MR) is 92.1 cm³/mol. The number of nitrogens with zero attached hydrogens (tertiary/aromatic N) is 4. The van der Waals surface area contributed by atoms with E-state index in [4.69, 9.17) is 4.74 Å². The van der Waals surface area contributed by atoms with Gasteiger partial charge in [-0.15, -0.1) is 10.2 Å². The number of likely N-dealkylation sites (tertiary alicyclic amines) is 1. The minimum atomic E-state index is -0.812. The van der Waals surface area contributed by atoms with Crippen LogP contribution >= 0.6 is 0 Å². The highest BCUT2D eigenvalue weighted by molar-refractivity contribution is 5.77. The number of fused-ring (bicyclic) bond motifs is 1. The summed E-state index contributed by atoms with van der Waals surface area (Å²) in [6.07, 6.45) is 1.62. The SMILES string of the molecule is O=C(COc1ccc(F)cc1F)N1CCC(c2nnc3n2CCNC3)CC1. The molecule has 0 atom stereocenters. The number of halogens is 2. The van der Waals surface area contributed by atoms with E-state index in [-0.39, 0.29) is 24.2 Å². The third kappa shape index (κ3) is 3.78. The molecular weight excluding hydrogens is 356 g/mol. The van der Waals surface area contributed by atoms with E-state index in [1.807, 2.05) is 0 Å². The van der Waals surface area contributed by atoms with Crippen molar-refractivity contribution < 1.29 is 18.3 Å². The highest BCUT2D eigenvalue weighted by Gasteiger charge is 2.29. The Kier molecular flexibility index (Phi) is 5.02. The summed E-state index contributed by atoms with van der Waals surface area (Å²) < 4.78 is 33.9. The maximum absolute atomic E-state index is 13.6. The van der Waals surface area contributed by atoms with Gasteiger partial charge in [0.15, 0.2) is 18.2 Å². The minimum Gasteiger partial charge on any atom is -0.481 e. The highest BCUT2D eigenvalue weighted by Crippen LogP contribution is 2.28. The van der Waals surface area contributed by atoms with E-state index in [1.54, 1.807) is 4.90 Å². The van der Waals surface area contributed by atoms with Gasteiger partial charge in [0.25, 0.3) is 5.91 Å². The molecule has 1 aromatic carbocycles. The van der Waals surface area contributed by atoms with Crippen molar-refractivity contribution in [3.8, 4) is 5.75 Å². The molecule has 1 fully saturated rings. The quantitative estimate of drug-likeness (QED) is 0.873. The van der Waals surface area contributed by atoms with E-state index in [1.165, 1.54) is 6.07 Å². The van der Waals surface area contributed by atoms with Crippen LogP contribution in [0.5, 0.6) is 5.75 Å². The number of hydrogen-bond donors (Lipinski definition) is 1. The summed E-state index contributed by atoms with van der Waals surface area (Å²) in [5, 5.41) is 11.9. The van der Waals surface area contributed by atoms with Crippen LogP contribution < -0.4 is 10.1 Å². The second kappa shape index (κ2) is 7.59. The lowest BCUT2D eigenvalue weighted by atomic mass is 9.95. The fraction of sp³-hybridized carbons (Fsp3) is 0.500. The fourth-order valence-corrected chi connectivity index (χ4v) is 3.63. The Hall–Kier alpha value is -2.55. The molecule has 4 rings (SSSR count). The van der Waals surface area contributed by atoms with Gasteiger partial charge in [0, 0.05) is 38.2 Å². The summed E-state index contributed by atoms with van der Waals surface area (Å²) in [6, 6.07) is 3.02. The number of aromatic nitrogens is 3. The first kappa shape index (κ1) is 17.8. The second-order valence-corrected chi connectivity index (χ2v) is 6.82. The molecule has 1 N–H and O–H groups in total. The number of rotatable bonds is 4. The standard InChI is InChI=1S/C18H21F2N5O2/c19-13-1-2-15(14(20)9-13)27-11-17(26)24-6-3-12(4-7-24)18-23-22-16-10-21-5-8-25(16)18/h1-2,9,12,21H,3-8,10-11H2. The van der Waals surface area contributed by atoms with Gasteiger partial charge in [0.05, 0.1) is 6.54 Å². The summed E-state index contributed by atoms with van der Waals surface area (Å²) in [7, 11) is 0. The number of carbonyl (C=O) groups excluding carboxylic acids is 1. The van der Waals surface area contributed by atoms with Crippen LogP contribution in [-0.4, -0.2) is 51.8 Å². The second-order valence-electron chi connectivity index (χ2n) is 6.82. The van der Waals surface area contributed by atoms with Crippen LogP contribution in [0.3, 0.4) is 0 Å². The average Bonchev–Trinajstić information content (AvgIpc) is 3.11. The van der Waals surface area contributed by atoms with Gasteiger partial charge in [-0.05, 0) is 25.0 Å². The Bertz CT molecular complexity index is 833. The molecule has 144 valence electrons. The molecule has 9 heteroatoms. The number of ether oxygens (including phenoxy) is 1. The molecule has 0 spiro atoms. The molecule has 2 aliphatic rings. The van der Waals surface area contributed by atoms with Crippen molar-refractivity contribution in [1.82, 2.24) is 25.0 Å². The fourth-order valence-electron chi connectivity index (χ4n) is 3.63. The first-order valence-electron chi connectivity index (χ1n) is 9.10. The first-order chi connectivity index (χ1) is 13.1. The van der Waals surface area contributed by atoms with Crippen LogP contribution in [-0.2, 0) is 17.9 Å².